The van der Waals surface area contributed by atoms with Gasteiger partial charge in [0.15, 0.2) is 0 Å². The van der Waals surface area contributed by atoms with E-state index in [1.807, 2.05) is 13.8 Å². The highest BCUT2D eigenvalue weighted by Crippen LogP contribution is 2.22. The van der Waals surface area contributed by atoms with Crippen molar-refractivity contribution in [2.75, 3.05) is 0 Å². The molecule has 1 aromatic heterocycles. The summed E-state index contributed by atoms with van der Waals surface area (Å²) in [6.45, 7) is 3.76. The lowest BCUT2D eigenvalue weighted by atomic mass is 9.91. The summed E-state index contributed by atoms with van der Waals surface area (Å²) < 4.78 is 1.63. The van der Waals surface area contributed by atoms with Crippen molar-refractivity contribution in [1.29, 1.82) is 0 Å². The van der Waals surface area contributed by atoms with Gasteiger partial charge in [-0.25, -0.2) is 0 Å². The zero-order chi connectivity index (χ0) is 15.6. The average Bonchev–Trinajstić information content (AvgIpc) is 2.87. The Morgan fingerprint density at radius 1 is 1.48 bits per heavy atom. The van der Waals surface area contributed by atoms with Gasteiger partial charge in [0.05, 0.1) is 11.1 Å². The maximum atomic E-state index is 12.4. The fourth-order valence-electron chi connectivity index (χ4n) is 2.75. The van der Waals surface area contributed by atoms with E-state index < -0.39 is 4.92 Å². The Morgan fingerprint density at radius 2 is 2.14 bits per heavy atom. The number of hydrogen-bond acceptors (Lipinski definition) is 4. The number of nitrogens with zero attached hydrogens (tertiary/aromatic N) is 2. The van der Waals surface area contributed by atoms with Crippen LogP contribution in [0.2, 0.25) is 0 Å². The molecule has 1 amide bonds. The predicted molar refractivity (Wildman–Crippen MR) is 79.2 cm³/mol. The van der Waals surface area contributed by atoms with E-state index in [9.17, 15) is 14.9 Å². The minimum Gasteiger partial charge on any atom is -0.346 e. The molecule has 0 aromatic carbocycles. The van der Waals surface area contributed by atoms with Crippen LogP contribution in [0.4, 0.5) is 5.69 Å². The summed E-state index contributed by atoms with van der Waals surface area (Å²) in [5, 5.41) is 13.8. The first-order valence-corrected chi connectivity index (χ1v) is 7.33. The fraction of sp³-hybridized carbons (Fsp3) is 0.643. The first-order chi connectivity index (χ1) is 9.90. The molecule has 0 radical (unpaired) electrons. The molecule has 1 aliphatic rings. The quantitative estimate of drug-likeness (QED) is 0.654. The molecule has 1 saturated carbocycles. The molecule has 21 heavy (non-hydrogen) atoms. The summed E-state index contributed by atoms with van der Waals surface area (Å²) in [4.78, 5) is 22.8. The van der Waals surface area contributed by atoms with Crippen molar-refractivity contribution in [2.45, 2.75) is 57.7 Å². The van der Waals surface area contributed by atoms with Crippen LogP contribution in [0.25, 0.3) is 0 Å². The van der Waals surface area contributed by atoms with Crippen LogP contribution in [0.5, 0.6) is 0 Å². The number of hydrogen-bond donors (Lipinski definition) is 2. The van der Waals surface area contributed by atoms with Crippen LogP contribution in [-0.2, 0) is 0 Å². The van der Waals surface area contributed by atoms with Gasteiger partial charge in [0.2, 0.25) is 0 Å². The second-order valence-electron chi connectivity index (χ2n) is 5.87. The van der Waals surface area contributed by atoms with E-state index in [0.717, 1.165) is 25.7 Å². The normalized spacial score (nSPS) is 22.3. The van der Waals surface area contributed by atoms with Gasteiger partial charge in [-0.15, -0.1) is 0 Å². The number of aromatic nitrogens is 1. The van der Waals surface area contributed by atoms with Gasteiger partial charge in [-0.2, -0.15) is 0 Å². The molecule has 116 valence electrons. The molecule has 1 aliphatic carbocycles. The number of nitrogens with one attached hydrogen (secondary N) is 1. The SMILES string of the molecule is CC(C)n1cc([N+](=O)[O-])cc1C(=O)N[C@@H]1CCCC[C@H]1N. The standard InChI is InChI=1S/C14H22N4O3/c1-9(2)17-8-10(18(20)21)7-13(17)14(19)16-12-6-4-3-5-11(12)15/h7-9,11-12H,3-6,15H2,1-2H3,(H,16,19)/t11-,12-/m1/s1. The van der Waals surface area contributed by atoms with Crippen LogP contribution in [0.1, 0.15) is 56.1 Å². The van der Waals surface area contributed by atoms with Gasteiger partial charge in [0.1, 0.15) is 5.69 Å². The fourth-order valence-corrected chi connectivity index (χ4v) is 2.75. The zero-order valence-electron chi connectivity index (χ0n) is 12.4. The summed E-state index contributed by atoms with van der Waals surface area (Å²) in [6.07, 6.45) is 5.29. The summed E-state index contributed by atoms with van der Waals surface area (Å²) in [6, 6.07) is 1.20. The summed E-state index contributed by atoms with van der Waals surface area (Å²) in [7, 11) is 0. The van der Waals surface area contributed by atoms with E-state index in [1.165, 1.54) is 12.3 Å². The molecule has 0 spiro atoms. The number of rotatable bonds is 4. The summed E-state index contributed by atoms with van der Waals surface area (Å²) in [5.74, 6) is -0.292. The van der Waals surface area contributed by atoms with Crippen molar-refractivity contribution in [3.05, 3.63) is 28.1 Å². The van der Waals surface area contributed by atoms with Crippen molar-refractivity contribution < 1.29 is 9.72 Å². The van der Waals surface area contributed by atoms with Crippen LogP contribution >= 0.6 is 0 Å². The first kappa shape index (κ1) is 15.5. The lowest BCUT2D eigenvalue weighted by molar-refractivity contribution is -0.384. The maximum absolute atomic E-state index is 12.4. The molecular formula is C14H22N4O3. The highest BCUT2D eigenvalue weighted by Gasteiger charge is 2.26. The molecule has 7 heteroatoms. The first-order valence-electron chi connectivity index (χ1n) is 7.33. The molecule has 0 saturated heterocycles. The van der Waals surface area contributed by atoms with Crippen molar-refractivity contribution in [2.24, 2.45) is 5.73 Å². The Kier molecular flexibility index (Phi) is 4.62. The van der Waals surface area contributed by atoms with E-state index in [-0.39, 0.29) is 29.7 Å². The minimum absolute atomic E-state index is 0.0283. The van der Waals surface area contributed by atoms with Crippen molar-refractivity contribution in [3.8, 4) is 0 Å². The van der Waals surface area contributed by atoms with Crippen LogP contribution in [-0.4, -0.2) is 27.5 Å². The average molecular weight is 294 g/mol. The Bertz CT molecular complexity index is 538. The van der Waals surface area contributed by atoms with E-state index in [0.29, 0.717) is 5.69 Å². The van der Waals surface area contributed by atoms with Gasteiger partial charge in [-0.1, -0.05) is 12.8 Å². The Hall–Kier alpha value is -1.89. The Morgan fingerprint density at radius 3 is 2.71 bits per heavy atom. The topological polar surface area (TPSA) is 103 Å². The van der Waals surface area contributed by atoms with Crippen LogP contribution in [0.3, 0.4) is 0 Å². The second kappa shape index (κ2) is 6.26. The van der Waals surface area contributed by atoms with Gasteiger partial charge < -0.3 is 15.6 Å². The van der Waals surface area contributed by atoms with Crippen LogP contribution in [0, 0.1) is 10.1 Å². The van der Waals surface area contributed by atoms with E-state index in [2.05, 4.69) is 5.32 Å². The number of nitro groups is 1. The predicted octanol–water partition coefficient (Wildman–Crippen LogP) is 1.98. The van der Waals surface area contributed by atoms with E-state index in [1.54, 1.807) is 4.57 Å². The third-order valence-corrected chi connectivity index (χ3v) is 3.97. The van der Waals surface area contributed by atoms with Gasteiger partial charge in [-0.05, 0) is 26.7 Å². The third-order valence-electron chi connectivity index (χ3n) is 3.97. The Labute approximate surface area is 123 Å². The monoisotopic (exact) mass is 294 g/mol. The van der Waals surface area contributed by atoms with Crippen molar-refractivity contribution in [3.63, 3.8) is 0 Å². The number of carbonyl (C=O) groups is 1. The molecule has 2 atom stereocenters. The minimum atomic E-state index is -0.484. The number of amides is 1. The van der Waals surface area contributed by atoms with Gasteiger partial charge in [-0.3, -0.25) is 14.9 Å². The lowest BCUT2D eigenvalue weighted by Crippen LogP contribution is -2.49. The molecule has 3 N–H and O–H groups in total. The molecule has 1 heterocycles. The van der Waals surface area contributed by atoms with E-state index in [4.69, 9.17) is 5.73 Å². The molecule has 1 fully saturated rings. The second-order valence-corrected chi connectivity index (χ2v) is 5.87. The molecule has 7 nitrogen and oxygen atoms in total. The number of nitrogens with two attached hydrogens (primary N) is 1. The highest BCUT2D eigenvalue weighted by atomic mass is 16.6. The maximum Gasteiger partial charge on any atom is 0.287 e. The summed E-state index contributed by atoms with van der Waals surface area (Å²) in [5.41, 5.74) is 6.27. The van der Waals surface area contributed by atoms with Gasteiger partial charge >= 0.3 is 0 Å². The molecule has 1 aromatic rings. The molecule has 2 rings (SSSR count). The largest absolute Gasteiger partial charge is 0.346 e. The van der Waals surface area contributed by atoms with Crippen LogP contribution in [0.15, 0.2) is 12.3 Å². The Balaban J connectivity index is 2.19. The van der Waals surface area contributed by atoms with Crippen molar-refractivity contribution >= 4 is 11.6 Å². The van der Waals surface area contributed by atoms with Crippen molar-refractivity contribution in [1.82, 2.24) is 9.88 Å². The molecular weight excluding hydrogens is 272 g/mol. The number of carbonyl (C=O) groups excluding carboxylic acids is 1. The lowest BCUT2D eigenvalue weighted by Gasteiger charge is -2.29. The van der Waals surface area contributed by atoms with E-state index >= 15 is 0 Å². The smallest absolute Gasteiger partial charge is 0.287 e. The molecule has 0 aliphatic heterocycles. The van der Waals surface area contributed by atoms with Gasteiger partial charge in [0, 0.05) is 24.2 Å². The van der Waals surface area contributed by atoms with Gasteiger partial charge in [0.25, 0.3) is 11.6 Å². The third kappa shape index (κ3) is 3.41. The molecule has 0 unspecified atom stereocenters. The van der Waals surface area contributed by atoms with Crippen LogP contribution < -0.4 is 11.1 Å². The zero-order valence-corrected chi connectivity index (χ0v) is 12.4. The highest BCUT2D eigenvalue weighted by molar-refractivity contribution is 5.93. The molecule has 0 bridgehead atoms. The summed E-state index contributed by atoms with van der Waals surface area (Å²) >= 11 is 0.